The summed E-state index contributed by atoms with van der Waals surface area (Å²) in [4.78, 5) is 30.7. The lowest BCUT2D eigenvalue weighted by Gasteiger charge is -2.29. The molecule has 0 spiro atoms. The number of aromatic nitrogens is 3. The number of benzene rings is 2. The van der Waals surface area contributed by atoms with Gasteiger partial charge in [0.15, 0.2) is 0 Å². The van der Waals surface area contributed by atoms with Gasteiger partial charge in [-0.15, -0.1) is 0 Å². The van der Waals surface area contributed by atoms with Crippen LogP contribution in [0.25, 0.3) is 27.8 Å². The van der Waals surface area contributed by atoms with E-state index in [1.165, 1.54) is 0 Å². The van der Waals surface area contributed by atoms with Gasteiger partial charge in [0.05, 0.1) is 40.8 Å². The molecule has 4 heterocycles. The normalized spacial score (nSPS) is 14.5. The van der Waals surface area contributed by atoms with Crippen LogP contribution in [0, 0.1) is 6.92 Å². The molecule has 1 atom stereocenters. The fourth-order valence-electron chi connectivity index (χ4n) is 4.62. The van der Waals surface area contributed by atoms with Gasteiger partial charge >= 0.3 is 5.69 Å². The molecular formula is C25H20N4O4. The fourth-order valence-corrected chi connectivity index (χ4v) is 4.62. The van der Waals surface area contributed by atoms with Gasteiger partial charge in [0.2, 0.25) is 0 Å². The van der Waals surface area contributed by atoms with Crippen molar-refractivity contribution in [1.82, 2.24) is 14.5 Å². The van der Waals surface area contributed by atoms with Gasteiger partial charge in [-0.3, -0.25) is 9.78 Å². The van der Waals surface area contributed by atoms with Crippen molar-refractivity contribution in [3.05, 3.63) is 98.7 Å². The molecule has 0 fully saturated rings. The maximum atomic E-state index is 13.1. The molecule has 3 N–H and O–H groups in total. The van der Waals surface area contributed by atoms with Crippen molar-refractivity contribution in [2.75, 3.05) is 12.4 Å². The van der Waals surface area contributed by atoms with Gasteiger partial charge in [-0.1, -0.05) is 12.1 Å². The maximum Gasteiger partial charge on any atom is 0.326 e. The highest BCUT2D eigenvalue weighted by atomic mass is 16.5. The maximum absolute atomic E-state index is 13.1. The smallest absolute Gasteiger partial charge is 0.326 e. The zero-order chi connectivity index (χ0) is 22.7. The molecule has 1 unspecified atom stereocenters. The van der Waals surface area contributed by atoms with Gasteiger partial charge in [0, 0.05) is 0 Å². The van der Waals surface area contributed by atoms with Crippen LogP contribution in [-0.4, -0.2) is 21.6 Å². The second-order valence-corrected chi connectivity index (χ2v) is 8.00. The zero-order valence-corrected chi connectivity index (χ0v) is 17.9. The molecule has 5 aromatic rings. The number of hydrogen-bond donors (Lipinski definition) is 3. The predicted molar refractivity (Wildman–Crippen MR) is 125 cm³/mol. The second kappa shape index (κ2) is 7.03. The summed E-state index contributed by atoms with van der Waals surface area (Å²) in [5.74, 6) is 2.17. The van der Waals surface area contributed by atoms with Crippen molar-refractivity contribution < 1.29 is 9.15 Å². The van der Waals surface area contributed by atoms with Gasteiger partial charge < -0.3 is 24.0 Å². The van der Waals surface area contributed by atoms with Crippen molar-refractivity contribution in [1.29, 1.82) is 0 Å². The molecule has 0 radical (unpaired) electrons. The standard InChI is InChI=1S/C25H20N4O4/c1-13-7-12-18(33-13)20-23-21-19(24(30)28-25(31)27-21)22(14-8-10-15(32-2)11-9-14)29(23)17-6-4-3-5-16(17)26-20/h3-12,20,26H,1-2H3,(H2,27,28,30,31). The first kappa shape index (κ1) is 19.2. The van der Waals surface area contributed by atoms with Gasteiger partial charge in [-0.25, -0.2) is 4.79 Å². The number of rotatable bonds is 3. The van der Waals surface area contributed by atoms with Crippen LogP contribution in [0.15, 0.2) is 74.7 Å². The minimum atomic E-state index is -0.560. The number of para-hydroxylation sites is 2. The minimum Gasteiger partial charge on any atom is -0.497 e. The van der Waals surface area contributed by atoms with Crippen molar-refractivity contribution in [2.24, 2.45) is 0 Å². The predicted octanol–water partition coefficient (Wildman–Crippen LogP) is 4.10. The number of anilines is 1. The molecular weight excluding hydrogens is 420 g/mol. The van der Waals surface area contributed by atoms with Gasteiger partial charge in [-0.05, 0) is 61.0 Å². The van der Waals surface area contributed by atoms with E-state index in [0.717, 1.165) is 28.4 Å². The average Bonchev–Trinajstić information content (AvgIpc) is 3.40. The summed E-state index contributed by atoms with van der Waals surface area (Å²) in [7, 11) is 1.61. The number of nitrogens with zero attached hydrogens (tertiary/aromatic N) is 1. The van der Waals surface area contributed by atoms with Crippen LogP contribution in [0.3, 0.4) is 0 Å². The van der Waals surface area contributed by atoms with E-state index in [4.69, 9.17) is 9.15 Å². The van der Waals surface area contributed by atoms with Crippen LogP contribution in [-0.2, 0) is 0 Å². The third kappa shape index (κ3) is 2.84. The Balaban J connectivity index is 1.78. The van der Waals surface area contributed by atoms with E-state index in [0.29, 0.717) is 28.1 Å². The van der Waals surface area contributed by atoms with E-state index < -0.39 is 17.3 Å². The molecule has 3 aromatic heterocycles. The van der Waals surface area contributed by atoms with E-state index in [1.54, 1.807) is 7.11 Å². The molecule has 0 amide bonds. The summed E-state index contributed by atoms with van der Waals surface area (Å²) < 4.78 is 13.3. The molecule has 0 bridgehead atoms. The SMILES string of the molecule is COc1ccc(-c2c3c(=O)[nH]c(=O)[nH]c3c3n2-c2ccccc2NC3c2ccc(C)o2)cc1. The van der Waals surface area contributed by atoms with Crippen molar-refractivity contribution >= 4 is 16.6 Å². The lowest BCUT2D eigenvalue weighted by molar-refractivity contribution is 0.415. The lowest BCUT2D eigenvalue weighted by Crippen LogP contribution is -2.24. The van der Waals surface area contributed by atoms with Crippen LogP contribution in [0.4, 0.5) is 5.69 Å². The number of methoxy groups -OCH3 is 1. The summed E-state index contributed by atoms with van der Waals surface area (Å²) >= 11 is 0. The molecule has 0 saturated carbocycles. The van der Waals surface area contributed by atoms with Gasteiger partial charge in [0.1, 0.15) is 23.3 Å². The molecule has 1 aliphatic rings. The number of aromatic amines is 2. The third-order valence-corrected chi connectivity index (χ3v) is 6.03. The van der Waals surface area contributed by atoms with Crippen LogP contribution < -0.4 is 21.3 Å². The zero-order valence-electron chi connectivity index (χ0n) is 17.9. The number of furan rings is 1. The number of fused-ring (bicyclic) bond motifs is 5. The van der Waals surface area contributed by atoms with Gasteiger partial charge in [-0.2, -0.15) is 0 Å². The molecule has 0 aliphatic carbocycles. The number of hydrogen-bond acceptors (Lipinski definition) is 5. The monoisotopic (exact) mass is 440 g/mol. The molecule has 6 rings (SSSR count). The third-order valence-electron chi connectivity index (χ3n) is 6.03. The largest absolute Gasteiger partial charge is 0.497 e. The Bertz CT molecular complexity index is 1640. The average molecular weight is 440 g/mol. The van der Waals surface area contributed by atoms with Gasteiger partial charge in [0.25, 0.3) is 5.56 Å². The Morgan fingerprint density at radius 1 is 0.970 bits per heavy atom. The number of ether oxygens (including phenoxy) is 1. The molecule has 8 nitrogen and oxygen atoms in total. The molecule has 33 heavy (non-hydrogen) atoms. The molecule has 1 aliphatic heterocycles. The van der Waals surface area contributed by atoms with Crippen LogP contribution >= 0.6 is 0 Å². The van der Waals surface area contributed by atoms with E-state index >= 15 is 0 Å². The summed E-state index contributed by atoms with van der Waals surface area (Å²) in [5.41, 5.74) is 3.44. The Morgan fingerprint density at radius 3 is 2.48 bits per heavy atom. The van der Waals surface area contributed by atoms with E-state index in [1.807, 2.05) is 72.2 Å². The molecule has 2 aromatic carbocycles. The second-order valence-electron chi connectivity index (χ2n) is 8.00. The van der Waals surface area contributed by atoms with Crippen molar-refractivity contribution in [2.45, 2.75) is 13.0 Å². The number of nitrogens with one attached hydrogen (secondary N) is 3. The molecule has 8 heteroatoms. The Hall–Kier alpha value is -4.46. The number of aryl methyl sites for hydroxylation is 1. The summed E-state index contributed by atoms with van der Waals surface area (Å²) in [6.45, 7) is 1.88. The van der Waals surface area contributed by atoms with Crippen LogP contribution in [0.5, 0.6) is 5.75 Å². The Kier molecular flexibility index (Phi) is 4.10. The van der Waals surface area contributed by atoms with E-state index in [-0.39, 0.29) is 0 Å². The highest BCUT2D eigenvalue weighted by Crippen LogP contribution is 2.45. The van der Waals surface area contributed by atoms with Crippen LogP contribution in [0.1, 0.15) is 23.3 Å². The Labute approximate surface area is 187 Å². The highest BCUT2D eigenvalue weighted by Gasteiger charge is 2.34. The molecule has 164 valence electrons. The summed E-state index contributed by atoms with van der Waals surface area (Å²) in [6.07, 6.45) is 0. The van der Waals surface area contributed by atoms with Crippen molar-refractivity contribution in [3.8, 4) is 22.7 Å². The van der Waals surface area contributed by atoms with Crippen LogP contribution in [0.2, 0.25) is 0 Å². The first-order valence-corrected chi connectivity index (χ1v) is 10.5. The topological polar surface area (TPSA) is 105 Å². The van der Waals surface area contributed by atoms with E-state index in [9.17, 15) is 9.59 Å². The Morgan fingerprint density at radius 2 is 1.76 bits per heavy atom. The fraction of sp³-hybridized carbons (Fsp3) is 0.120. The first-order chi connectivity index (χ1) is 16.0. The summed E-state index contributed by atoms with van der Waals surface area (Å²) in [6, 6.07) is 18.7. The highest BCUT2D eigenvalue weighted by molar-refractivity contribution is 5.98. The van der Waals surface area contributed by atoms with Crippen molar-refractivity contribution in [3.63, 3.8) is 0 Å². The summed E-state index contributed by atoms with van der Waals surface area (Å²) in [5, 5.41) is 3.93. The minimum absolute atomic E-state index is 0.404. The number of H-pyrrole nitrogens is 2. The lowest BCUT2D eigenvalue weighted by atomic mass is 10.1. The first-order valence-electron chi connectivity index (χ1n) is 10.5. The van der Waals surface area contributed by atoms with E-state index in [2.05, 4.69) is 15.3 Å². The molecule has 0 saturated heterocycles. The quantitative estimate of drug-likeness (QED) is 0.392.